The molecule has 1 atom stereocenters. The number of amides is 1. The number of carbonyl (C=O) groups is 1. The number of nitrogens with one attached hydrogen (secondary N) is 2. The first-order valence-corrected chi connectivity index (χ1v) is 12.4. The summed E-state index contributed by atoms with van der Waals surface area (Å²) in [6, 6.07) is 6.45. The molecule has 0 saturated carbocycles. The van der Waals surface area contributed by atoms with Crippen molar-refractivity contribution in [1.29, 1.82) is 0 Å². The average Bonchev–Trinajstić information content (AvgIpc) is 3.04. The Labute approximate surface area is 190 Å². The van der Waals surface area contributed by atoms with Gasteiger partial charge in [0.05, 0.1) is 16.4 Å². The fourth-order valence-electron chi connectivity index (χ4n) is 3.93. The van der Waals surface area contributed by atoms with Gasteiger partial charge in [-0.1, -0.05) is 12.1 Å². The molecule has 2 N–H and O–H groups in total. The Morgan fingerprint density at radius 1 is 1.39 bits per heavy atom. The van der Waals surface area contributed by atoms with Crippen molar-refractivity contribution in [3.8, 4) is 0 Å². The first kappa shape index (κ1) is 21.9. The van der Waals surface area contributed by atoms with E-state index >= 15 is 0 Å². The van der Waals surface area contributed by atoms with E-state index in [2.05, 4.69) is 45.4 Å². The first-order chi connectivity index (χ1) is 14.8. The maximum atomic E-state index is 12.6. The lowest BCUT2D eigenvalue weighted by molar-refractivity contribution is -0.120. The van der Waals surface area contributed by atoms with Gasteiger partial charge in [-0.2, -0.15) is 0 Å². The van der Waals surface area contributed by atoms with Crippen LogP contribution < -0.4 is 15.8 Å². The Bertz CT molecular complexity index is 1180. The topological polar surface area (TPSA) is 78.1 Å². The zero-order chi connectivity index (χ0) is 22.1. The maximum absolute atomic E-state index is 12.6. The summed E-state index contributed by atoms with van der Waals surface area (Å²) < 4.78 is 0. The zero-order valence-electron chi connectivity index (χ0n) is 18.4. The van der Waals surface area contributed by atoms with Gasteiger partial charge in [0.1, 0.15) is 10.7 Å². The molecule has 1 aromatic carbocycles. The highest BCUT2D eigenvalue weighted by Gasteiger charge is 2.17. The molecule has 0 spiro atoms. The Kier molecular flexibility index (Phi) is 6.39. The normalized spacial score (nSPS) is 14.5. The largest absolute Gasteiger partial charge is 0.374 e. The maximum Gasteiger partial charge on any atom is 0.259 e. The number of aromatic amines is 1. The van der Waals surface area contributed by atoms with Crippen LogP contribution in [0.3, 0.4) is 0 Å². The Balaban J connectivity index is 1.34. The van der Waals surface area contributed by atoms with Gasteiger partial charge in [0.25, 0.3) is 5.56 Å². The van der Waals surface area contributed by atoms with Gasteiger partial charge in [0.15, 0.2) is 0 Å². The van der Waals surface area contributed by atoms with E-state index in [0.29, 0.717) is 23.5 Å². The van der Waals surface area contributed by atoms with Crippen LogP contribution in [0.5, 0.6) is 0 Å². The second kappa shape index (κ2) is 9.04. The zero-order valence-corrected chi connectivity index (χ0v) is 20.0. The molecule has 2 aromatic heterocycles. The van der Waals surface area contributed by atoms with Crippen LogP contribution in [0, 0.1) is 13.8 Å². The van der Waals surface area contributed by atoms with Gasteiger partial charge in [0.2, 0.25) is 5.91 Å². The van der Waals surface area contributed by atoms with E-state index < -0.39 is 0 Å². The van der Waals surface area contributed by atoms with E-state index in [1.807, 2.05) is 20.8 Å². The number of thiophene rings is 1. The fraction of sp³-hybridized carbons (Fsp3) is 0.435. The molecular formula is C23H28N4O2S2. The summed E-state index contributed by atoms with van der Waals surface area (Å²) in [6.45, 7) is 7.46. The third-order valence-electron chi connectivity index (χ3n) is 5.89. The van der Waals surface area contributed by atoms with Crippen LogP contribution >= 0.6 is 23.1 Å². The molecule has 6 nitrogen and oxygen atoms in total. The van der Waals surface area contributed by atoms with Crippen LogP contribution in [0.4, 0.5) is 5.69 Å². The van der Waals surface area contributed by atoms with Crippen molar-refractivity contribution in [2.75, 3.05) is 18.5 Å². The second-order valence-corrected chi connectivity index (χ2v) is 10.7. The van der Waals surface area contributed by atoms with Crippen LogP contribution in [-0.2, 0) is 23.5 Å². The van der Waals surface area contributed by atoms with E-state index in [1.54, 1.807) is 11.3 Å². The molecule has 3 aromatic rings. The fourth-order valence-corrected chi connectivity index (χ4v) is 5.76. The van der Waals surface area contributed by atoms with Gasteiger partial charge in [0, 0.05) is 30.7 Å². The highest BCUT2D eigenvalue weighted by Crippen LogP contribution is 2.28. The molecule has 1 aliphatic rings. The van der Waals surface area contributed by atoms with E-state index in [0.717, 1.165) is 33.8 Å². The number of aromatic nitrogens is 2. The number of thioether (sulfide) groups is 1. The number of aryl methyl sites for hydroxylation is 3. The third-order valence-corrected chi connectivity index (χ3v) is 8.14. The van der Waals surface area contributed by atoms with E-state index in [-0.39, 0.29) is 16.7 Å². The summed E-state index contributed by atoms with van der Waals surface area (Å²) >= 11 is 3.02. The van der Waals surface area contributed by atoms with Crippen molar-refractivity contribution < 1.29 is 4.79 Å². The van der Waals surface area contributed by atoms with Gasteiger partial charge in [-0.05, 0) is 56.4 Å². The third kappa shape index (κ3) is 4.65. The van der Waals surface area contributed by atoms with Crippen LogP contribution in [-0.4, -0.2) is 34.7 Å². The van der Waals surface area contributed by atoms with Crippen molar-refractivity contribution in [1.82, 2.24) is 15.3 Å². The SMILES string of the molecule is Cc1sc2nc(CSC(C)C(=O)NCc3ccc4c(c3)CCCN4C)[nH]c(=O)c2c1C. The minimum absolute atomic E-state index is 0.00826. The summed E-state index contributed by atoms with van der Waals surface area (Å²) in [4.78, 5) is 36.6. The van der Waals surface area contributed by atoms with E-state index in [4.69, 9.17) is 0 Å². The summed E-state index contributed by atoms with van der Waals surface area (Å²) in [5, 5.41) is 3.48. The molecule has 1 aliphatic heterocycles. The second-order valence-electron chi connectivity index (χ2n) is 8.14. The predicted molar refractivity (Wildman–Crippen MR) is 130 cm³/mol. The monoisotopic (exact) mass is 456 g/mol. The van der Waals surface area contributed by atoms with Gasteiger partial charge in [-0.3, -0.25) is 9.59 Å². The van der Waals surface area contributed by atoms with E-state index in [1.165, 1.54) is 29.4 Å². The Hall–Kier alpha value is -2.32. The Morgan fingerprint density at radius 2 is 2.19 bits per heavy atom. The number of rotatable bonds is 6. The average molecular weight is 457 g/mol. The van der Waals surface area contributed by atoms with Crippen molar-refractivity contribution in [2.45, 2.75) is 51.2 Å². The molecule has 1 unspecified atom stereocenters. The summed E-state index contributed by atoms with van der Waals surface area (Å²) in [5.74, 6) is 1.09. The molecule has 0 bridgehead atoms. The van der Waals surface area contributed by atoms with Crippen molar-refractivity contribution >= 4 is 44.9 Å². The van der Waals surface area contributed by atoms with Gasteiger partial charge < -0.3 is 15.2 Å². The van der Waals surface area contributed by atoms with Gasteiger partial charge >= 0.3 is 0 Å². The molecule has 0 aliphatic carbocycles. The van der Waals surface area contributed by atoms with Gasteiger partial charge in [-0.15, -0.1) is 23.1 Å². The lowest BCUT2D eigenvalue weighted by Crippen LogP contribution is -2.31. The van der Waals surface area contributed by atoms with Crippen LogP contribution in [0.2, 0.25) is 0 Å². The smallest absolute Gasteiger partial charge is 0.259 e. The number of nitrogens with zero attached hydrogens (tertiary/aromatic N) is 2. The lowest BCUT2D eigenvalue weighted by Gasteiger charge is -2.27. The van der Waals surface area contributed by atoms with E-state index in [9.17, 15) is 9.59 Å². The molecule has 1 amide bonds. The number of fused-ring (bicyclic) bond motifs is 2. The molecule has 8 heteroatoms. The quantitative estimate of drug-likeness (QED) is 0.588. The number of hydrogen-bond acceptors (Lipinski definition) is 6. The van der Waals surface area contributed by atoms with Crippen LogP contribution in [0.1, 0.15) is 40.7 Å². The minimum Gasteiger partial charge on any atom is -0.374 e. The number of benzene rings is 1. The van der Waals surface area contributed by atoms with Crippen LogP contribution in [0.15, 0.2) is 23.0 Å². The first-order valence-electron chi connectivity index (χ1n) is 10.5. The van der Waals surface area contributed by atoms with Gasteiger partial charge in [-0.25, -0.2) is 4.98 Å². The van der Waals surface area contributed by atoms with Crippen molar-refractivity contribution in [3.05, 3.63) is 55.9 Å². The molecule has 0 saturated heterocycles. The summed E-state index contributed by atoms with van der Waals surface area (Å²) in [6.07, 6.45) is 2.26. The predicted octanol–water partition coefficient (Wildman–Crippen LogP) is 3.92. The number of hydrogen-bond donors (Lipinski definition) is 2. The highest BCUT2D eigenvalue weighted by atomic mass is 32.2. The van der Waals surface area contributed by atoms with Crippen molar-refractivity contribution in [2.24, 2.45) is 0 Å². The molecule has 3 heterocycles. The number of anilines is 1. The van der Waals surface area contributed by atoms with Crippen LogP contribution in [0.25, 0.3) is 10.2 Å². The molecule has 164 valence electrons. The Morgan fingerprint density at radius 3 is 3.00 bits per heavy atom. The number of H-pyrrole nitrogens is 1. The minimum atomic E-state index is -0.239. The molecule has 4 rings (SSSR count). The molecular weight excluding hydrogens is 428 g/mol. The number of carbonyl (C=O) groups excluding carboxylic acids is 1. The summed E-state index contributed by atoms with van der Waals surface area (Å²) in [7, 11) is 2.12. The molecule has 0 radical (unpaired) electrons. The summed E-state index contributed by atoms with van der Waals surface area (Å²) in [5.41, 5.74) is 4.67. The molecule has 31 heavy (non-hydrogen) atoms. The standard InChI is InChI=1S/C23H28N4O2S2/c1-13-14(2)31-23-20(13)22(29)25-19(26-23)12-30-15(3)21(28)24-11-16-7-8-18-17(10-16)6-5-9-27(18)4/h7-8,10,15H,5-6,9,11-12H2,1-4H3,(H,24,28)(H,25,26,29). The highest BCUT2D eigenvalue weighted by molar-refractivity contribution is 7.99. The lowest BCUT2D eigenvalue weighted by atomic mass is 9.99. The van der Waals surface area contributed by atoms with Crippen molar-refractivity contribution in [3.63, 3.8) is 0 Å². The molecule has 0 fully saturated rings.